The first kappa shape index (κ1) is 17.5. The molecule has 0 saturated heterocycles. The van der Waals surface area contributed by atoms with Gasteiger partial charge in [0.25, 0.3) is 0 Å². The third-order valence-corrected chi connectivity index (χ3v) is 2.96. The van der Waals surface area contributed by atoms with Crippen molar-refractivity contribution in [2.24, 2.45) is 5.41 Å². The quantitative estimate of drug-likeness (QED) is 0.599. The van der Waals surface area contributed by atoms with E-state index in [1.165, 1.54) is 38.5 Å². The summed E-state index contributed by atoms with van der Waals surface area (Å²) in [5.74, 6) is 0. The van der Waals surface area contributed by atoms with Crippen LogP contribution in [0.1, 0.15) is 52.4 Å². The number of unbranched alkanes of at least 4 members (excludes halogenated alkanes) is 2. The van der Waals surface area contributed by atoms with Gasteiger partial charge in [-0.15, -0.1) is 24.8 Å². The van der Waals surface area contributed by atoms with E-state index in [-0.39, 0.29) is 24.8 Å². The fourth-order valence-electron chi connectivity index (χ4n) is 2.02. The average molecular weight is 251 g/mol. The van der Waals surface area contributed by atoms with Crippen molar-refractivity contribution in [2.45, 2.75) is 52.4 Å². The molecule has 2 heteroatoms. The molecule has 0 radical (unpaired) electrons. The third kappa shape index (κ3) is 5.63. The number of hydrogen-bond donors (Lipinski definition) is 0. The molecule has 0 heterocycles. The van der Waals surface area contributed by atoms with Gasteiger partial charge in [-0.1, -0.05) is 63.8 Å². The maximum absolute atomic E-state index is 2.40. The predicted octanol–water partition coefficient (Wildman–Crippen LogP) is 5.32. The first-order valence-corrected chi connectivity index (χ1v) is 5.70. The van der Waals surface area contributed by atoms with E-state index >= 15 is 0 Å². The van der Waals surface area contributed by atoms with Gasteiger partial charge in [0.1, 0.15) is 0 Å². The Morgan fingerprint density at radius 2 is 1.20 bits per heavy atom. The average Bonchev–Trinajstić information content (AvgIpc) is 2.61. The molecule has 0 bridgehead atoms. The molecule has 0 spiro atoms. The van der Waals surface area contributed by atoms with Crippen LogP contribution in [-0.4, -0.2) is 0 Å². The summed E-state index contributed by atoms with van der Waals surface area (Å²) in [5.41, 5.74) is 0.437. The van der Waals surface area contributed by atoms with Crippen molar-refractivity contribution in [1.82, 2.24) is 0 Å². The molecule has 0 unspecified atom stereocenters. The van der Waals surface area contributed by atoms with Gasteiger partial charge in [-0.05, 0) is 12.8 Å². The highest BCUT2D eigenvalue weighted by atomic mass is 35.5. The molecule has 1 aliphatic rings. The van der Waals surface area contributed by atoms with Crippen LogP contribution < -0.4 is 0 Å². The Hall–Kier alpha value is 0.0600. The minimum atomic E-state index is 0. The number of halogens is 2. The lowest BCUT2D eigenvalue weighted by atomic mass is 9.80. The van der Waals surface area contributed by atoms with Gasteiger partial charge in [-0.2, -0.15) is 0 Å². The van der Waals surface area contributed by atoms with Crippen molar-refractivity contribution in [3.05, 3.63) is 24.3 Å². The van der Waals surface area contributed by atoms with E-state index in [1.54, 1.807) is 0 Å². The van der Waals surface area contributed by atoms with Crippen LogP contribution >= 0.6 is 24.8 Å². The summed E-state index contributed by atoms with van der Waals surface area (Å²) in [6.07, 6.45) is 17.3. The summed E-state index contributed by atoms with van der Waals surface area (Å²) in [4.78, 5) is 0. The minimum Gasteiger partial charge on any atom is -0.147 e. The smallest absolute Gasteiger partial charge is 0.00671 e. The highest BCUT2D eigenvalue weighted by Crippen LogP contribution is 2.37. The molecule has 0 saturated carbocycles. The monoisotopic (exact) mass is 250 g/mol. The summed E-state index contributed by atoms with van der Waals surface area (Å²) in [5, 5.41) is 0. The zero-order valence-corrected chi connectivity index (χ0v) is 11.5. The fraction of sp³-hybridized carbons (Fsp3) is 0.692. The fourth-order valence-corrected chi connectivity index (χ4v) is 2.02. The number of hydrogen-bond acceptors (Lipinski definition) is 0. The molecule has 0 aliphatic heterocycles. The molecule has 0 N–H and O–H groups in total. The van der Waals surface area contributed by atoms with Crippen LogP contribution in [-0.2, 0) is 0 Å². The van der Waals surface area contributed by atoms with Crippen LogP contribution in [0.4, 0.5) is 0 Å². The molecular weight excluding hydrogens is 227 g/mol. The highest BCUT2D eigenvalue weighted by Gasteiger charge is 2.24. The van der Waals surface area contributed by atoms with Crippen molar-refractivity contribution < 1.29 is 0 Å². The summed E-state index contributed by atoms with van der Waals surface area (Å²) >= 11 is 0. The second-order valence-electron chi connectivity index (χ2n) is 4.16. The summed E-state index contributed by atoms with van der Waals surface area (Å²) in [6, 6.07) is 0. The zero-order valence-electron chi connectivity index (χ0n) is 9.87. The summed E-state index contributed by atoms with van der Waals surface area (Å²) in [7, 11) is 0. The molecule has 0 nitrogen and oxygen atoms in total. The standard InChI is InChI=1S/C13H22.2ClH/c1-3-5-9-13(10-6-4-2)11-7-8-12-13;;/h7-8,11-12H,3-6,9-10H2,1-2H3;2*1H. The molecular formula is C13H24Cl2. The third-order valence-electron chi connectivity index (χ3n) is 2.96. The summed E-state index contributed by atoms with van der Waals surface area (Å²) in [6.45, 7) is 4.55. The van der Waals surface area contributed by atoms with E-state index in [2.05, 4.69) is 38.2 Å². The maximum atomic E-state index is 2.40. The molecule has 0 aromatic heterocycles. The van der Waals surface area contributed by atoms with Crippen LogP contribution in [0, 0.1) is 5.41 Å². The molecule has 0 amide bonds. The van der Waals surface area contributed by atoms with E-state index in [0.717, 1.165) is 0 Å². The molecule has 1 aliphatic carbocycles. The first-order valence-electron chi connectivity index (χ1n) is 5.70. The summed E-state index contributed by atoms with van der Waals surface area (Å²) < 4.78 is 0. The Balaban J connectivity index is 0. The second kappa shape index (κ2) is 9.30. The molecule has 0 atom stereocenters. The lowest BCUT2D eigenvalue weighted by molar-refractivity contribution is 0.390. The highest BCUT2D eigenvalue weighted by molar-refractivity contribution is 5.85. The van der Waals surface area contributed by atoms with E-state index in [9.17, 15) is 0 Å². The van der Waals surface area contributed by atoms with Gasteiger partial charge >= 0.3 is 0 Å². The van der Waals surface area contributed by atoms with Gasteiger partial charge in [0.2, 0.25) is 0 Å². The van der Waals surface area contributed by atoms with Gasteiger partial charge in [-0.25, -0.2) is 0 Å². The van der Waals surface area contributed by atoms with Crippen molar-refractivity contribution in [2.75, 3.05) is 0 Å². The van der Waals surface area contributed by atoms with Crippen LogP contribution in [0.5, 0.6) is 0 Å². The van der Waals surface area contributed by atoms with E-state index in [0.29, 0.717) is 5.41 Å². The minimum absolute atomic E-state index is 0. The van der Waals surface area contributed by atoms with Crippen LogP contribution in [0.3, 0.4) is 0 Å². The number of rotatable bonds is 6. The zero-order chi connectivity index (χ0) is 9.57. The van der Waals surface area contributed by atoms with Gasteiger partial charge in [0, 0.05) is 5.41 Å². The Kier molecular flexibility index (Phi) is 10.8. The van der Waals surface area contributed by atoms with E-state index in [1.807, 2.05) is 0 Å². The first-order chi connectivity index (χ1) is 6.33. The molecule has 0 fully saturated rings. The van der Waals surface area contributed by atoms with Crippen molar-refractivity contribution in [3.8, 4) is 0 Å². The Morgan fingerprint density at radius 1 is 0.800 bits per heavy atom. The van der Waals surface area contributed by atoms with Gasteiger partial charge in [-0.3, -0.25) is 0 Å². The second-order valence-corrected chi connectivity index (χ2v) is 4.16. The Labute approximate surface area is 107 Å². The SMILES string of the molecule is CCCCC1(CCCC)C=CC=C1.Cl.Cl. The normalized spacial score (nSPS) is 15.9. The molecule has 15 heavy (non-hydrogen) atoms. The van der Waals surface area contributed by atoms with Crippen LogP contribution in [0.15, 0.2) is 24.3 Å². The Morgan fingerprint density at radius 3 is 1.53 bits per heavy atom. The maximum Gasteiger partial charge on any atom is 0.00671 e. The van der Waals surface area contributed by atoms with Crippen molar-refractivity contribution in [3.63, 3.8) is 0 Å². The van der Waals surface area contributed by atoms with E-state index < -0.39 is 0 Å². The van der Waals surface area contributed by atoms with E-state index in [4.69, 9.17) is 0 Å². The lowest BCUT2D eigenvalue weighted by Gasteiger charge is -2.24. The molecule has 0 aromatic carbocycles. The molecule has 0 aromatic rings. The van der Waals surface area contributed by atoms with Gasteiger partial charge in [0.15, 0.2) is 0 Å². The number of allylic oxidation sites excluding steroid dienone is 4. The van der Waals surface area contributed by atoms with Crippen LogP contribution in [0.25, 0.3) is 0 Å². The predicted molar refractivity (Wildman–Crippen MR) is 74.3 cm³/mol. The molecule has 90 valence electrons. The lowest BCUT2D eigenvalue weighted by Crippen LogP contribution is -2.12. The van der Waals surface area contributed by atoms with Gasteiger partial charge in [0.05, 0.1) is 0 Å². The van der Waals surface area contributed by atoms with Crippen LogP contribution in [0.2, 0.25) is 0 Å². The van der Waals surface area contributed by atoms with Crippen molar-refractivity contribution >= 4 is 24.8 Å². The largest absolute Gasteiger partial charge is 0.147 e. The topological polar surface area (TPSA) is 0 Å². The Bertz CT molecular complexity index is 173. The van der Waals surface area contributed by atoms with Gasteiger partial charge < -0.3 is 0 Å². The van der Waals surface area contributed by atoms with Crippen molar-refractivity contribution in [1.29, 1.82) is 0 Å². The molecule has 1 rings (SSSR count).